The van der Waals surface area contributed by atoms with E-state index >= 15 is 0 Å². The molecule has 0 aliphatic carbocycles. The van der Waals surface area contributed by atoms with Crippen LogP contribution in [0.3, 0.4) is 0 Å². The van der Waals surface area contributed by atoms with E-state index in [0.29, 0.717) is 17.7 Å². The molecular formula is C23H20FN3O2. The molecule has 29 heavy (non-hydrogen) atoms. The number of para-hydroxylation sites is 1. The van der Waals surface area contributed by atoms with Gasteiger partial charge in [0.1, 0.15) is 5.82 Å². The second-order valence-corrected chi connectivity index (χ2v) is 6.93. The highest BCUT2D eigenvalue weighted by atomic mass is 19.1. The first-order valence-electron chi connectivity index (χ1n) is 9.50. The summed E-state index contributed by atoms with van der Waals surface area (Å²) < 4.78 is 13.7. The molecule has 0 spiro atoms. The van der Waals surface area contributed by atoms with Crippen LogP contribution >= 0.6 is 0 Å². The molecule has 6 heteroatoms. The zero-order valence-electron chi connectivity index (χ0n) is 15.8. The summed E-state index contributed by atoms with van der Waals surface area (Å²) in [4.78, 5) is 31.3. The molecule has 0 bridgehead atoms. The number of rotatable bonds is 4. The molecule has 4 rings (SSSR count). The lowest BCUT2D eigenvalue weighted by atomic mass is 10.0. The van der Waals surface area contributed by atoms with Gasteiger partial charge in [0.05, 0.1) is 11.1 Å². The minimum atomic E-state index is -0.408. The van der Waals surface area contributed by atoms with Crippen LogP contribution in [0.1, 0.15) is 38.3 Å². The molecule has 2 aromatic carbocycles. The van der Waals surface area contributed by atoms with Crippen molar-refractivity contribution in [3.8, 4) is 0 Å². The fourth-order valence-electron chi connectivity index (χ4n) is 3.50. The second kappa shape index (κ2) is 8.22. The van der Waals surface area contributed by atoms with E-state index in [2.05, 4.69) is 10.3 Å². The van der Waals surface area contributed by atoms with Crippen LogP contribution in [0, 0.1) is 5.82 Å². The topological polar surface area (TPSA) is 62.3 Å². The third kappa shape index (κ3) is 4.01. The number of hydrogen-bond donors (Lipinski definition) is 1. The Morgan fingerprint density at radius 1 is 1.03 bits per heavy atom. The van der Waals surface area contributed by atoms with Gasteiger partial charge in [0, 0.05) is 36.7 Å². The van der Waals surface area contributed by atoms with Crippen molar-refractivity contribution in [2.45, 2.75) is 19.4 Å². The Balaban J connectivity index is 1.51. The van der Waals surface area contributed by atoms with Crippen LogP contribution in [0.15, 0.2) is 67.0 Å². The molecule has 146 valence electrons. The number of halogens is 1. The van der Waals surface area contributed by atoms with Gasteiger partial charge in [-0.25, -0.2) is 4.39 Å². The van der Waals surface area contributed by atoms with E-state index in [1.165, 1.54) is 24.5 Å². The number of aromatic nitrogens is 1. The molecule has 0 saturated heterocycles. The fraction of sp³-hybridized carbons (Fsp3) is 0.174. The molecule has 3 aromatic rings. The van der Waals surface area contributed by atoms with Gasteiger partial charge in [-0.15, -0.1) is 0 Å². The number of nitrogens with one attached hydrogen (secondary N) is 1. The summed E-state index contributed by atoms with van der Waals surface area (Å²) in [5.74, 6) is -0.971. The highest BCUT2D eigenvalue weighted by Crippen LogP contribution is 2.28. The molecule has 1 aliphatic heterocycles. The van der Waals surface area contributed by atoms with Crippen molar-refractivity contribution in [1.29, 1.82) is 0 Å². The van der Waals surface area contributed by atoms with Gasteiger partial charge in [-0.1, -0.05) is 36.4 Å². The first-order valence-corrected chi connectivity index (χ1v) is 9.50. The number of amides is 2. The zero-order chi connectivity index (χ0) is 20.2. The molecule has 0 fully saturated rings. The number of pyridine rings is 1. The van der Waals surface area contributed by atoms with Crippen LogP contribution in [0.5, 0.6) is 0 Å². The predicted molar refractivity (Wildman–Crippen MR) is 108 cm³/mol. The number of carbonyl (C=O) groups is 2. The maximum Gasteiger partial charge on any atom is 0.259 e. The molecule has 2 amide bonds. The lowest BCUT2D eigenvalue weighted by molar-refractivity contribution is 0.0950. The minimum absolute atomic E-state index is 0.0587. The van der Waals surface area contributed by atoms with Crippen LogP contribution in [0.2, 0.25) is 0 Å². The van der Waals surface area contributed by atoms with Gasteiger partial charge >= 0.3 is 0 Å². The van der Waals surface area contributed by atoms with Gasteiger partial charge in [-0.2, -0.15) is 0 Å². The zero-order valence-corrected chi connectivity index (χ0v) is 15.8. The molecule has 0 radical (unpaired) electrons. The van der Waals surface area contributed by atoms with E-state index in [-0.39, 0.29) is 23.8 Å². The van der Waals surface area contributed by atoms with Gasteiger partial charge in [-0.05, 0) is 36.6 Å². The van der Waals surface area contributed by atoms with E-state index in [0.717, 1.165) is 24.1 Å². The monoisotopic (exact) mass is 389 g/mol. The van der Waals surface area contributed by atoms with Crippen LogP contribution in [0.25, 0.3) is 0 Å². The van der Waals surface area contributed by atoms with E-state index in [9.17, 15) is 14.0 Å². The average molecular weight is 389 g/mol. The molecule has 2 heterocycles. The number of carbonyl (C=O) groups excluding carboxylic acids is 2. The third-order valence-electron chi connectivity index (χ3n) is 5.00. The summed E-state index contributed by atoms with van der Waals surface area (Å²) in [5.41, 5.74) is 3.04. The molecule has 1 N–H and O–H groups in total. The van der Waals surface area contributed by atoms with Gasteiger partial charge in [0.25, 0.3) is 11.8 Å². The number of fused-ring (bicyclic) bond motifs is 1. The largest absolute Gasteiger partial charge is 0.348 e. The van der Waals surface area contributed by atoms with Gasteiger partial charge in [0.2, 0.25) is 0 Å². The number of aryl methyl sites for hydroxylation is 1. The maximum atomic E-state index is 13.7. The van der Waals surface area contributed by atoms with Crippen molar-refractivity contribution in [3.63, 3.8) is 0 Å². The minimum Gasteiger partial charge on any atom is -0.348 e. The lowest BCUT2D eigenvalue weighted by Gasteiger charge is -2.29. The quantitative estimate of drug-likeness (QED) is 0.739. The van der Waals surface area contributed by atoms with Crippen molar-refractivity contribution in [2.75, 3.05) is 11.4 Å². The van der Waals surface area contributed by atoms with E-state index in [1.807, 2.05) is 24.3 Å². The molecule has 0 saturated carbocycles. The Labute approximate surface area is 168 Å². The van der Waals surface area contributed by atoms with Gasteiger partial charge < -0.3 is 10.2 Å². The molecular weight excluding hydrogens is 369 g/mol. The summed E-state index contributed by atoms with van der Waals surface area (Å²) in [6.07, 6.45) is 4.69. The van der Waals surface area contributed by atoms with E-state index < -0.39 is 5.91 Å². The Hall–Kier alpha value is -3.54. The number of nitrogens with zero attached hydrogens (tertiary/aromatic N) is 2. The smallest absolute Gasteiger partial charge is 0.259 e. The van der Waals surface area contributed by atoms with Crippen molar-refractivity contribution in [3.05, 3.63) is 95.1 Å². The highest BCUT2D eigenvalue weighted by molar-refractivity contribution is 6.08. The Morgan fingerprint density at radius 3 is 2.66 bits per heavy atom. The summed E-state index contributed by atoms with van der Waals surface area (Å²) in [6.45, 7) is 0.683. The first kappa shape index (κ1) is 18.8. The van der Waals surface area contributed by atoms with E-state index in [4.69, 9.17) is 0 Å². The van der Waals surface area contributed by atoms with Crippen molar-refractivity contribution in [2.24, 2.45) is 0 Å². The van der Waals surface area contributed by atoms with Crippen molar-refractivity contribution < 1.29 is 14.0 Å². The number of anilines is 1. The van der Waals surface area contributed by atoms with Crippen LogP contribution in [-0.2, 0) is 13.0 Å². The SMILES string of the molecule is O=C(NCc1ccccc1F)c1cncc(C(=O)N2CCCc3ccccc32)c1. The van der Waals surface area contributed by atoms with Crippen LogP contribution < -0.4 is 10.2 Å². The van der Waals surface area contributed by atoms with Gasteiger partial charge in [-0.3, -0.25) is 14.6 Å². The third-order valence-corrected chi connectivity index (χ3v) is 5.00. The first-order chi connectivity index (χ1) is 14.1. The highest BCUT2D eigenvalue weighted by Gasteiger charge is 2.24. The fourth-order valence-corrected chi connectivity index (χ4v) is 3.50. The standard InChI is InChI=1S/C23H20FN3O2/c24-20-9-3-1-7-17(20)15-26-22(28)18-12-19(14-25-13-18)23(29)27-11-5-8-16-6-2-4-10-21(16)27/h1-4,6-7,9-10,12-14H,5,8,11,15H2,(H,26,28). The van der Waals surface area contributed by atoms with Crippen molar-refractivity contribution in [1.82, 2.24) is 10.3 Å². The Bertz CT molecular complexity index is 1070. The summed E-state index contributed by atoms with van der Waals surface area (Å²) in [6, 6.07) is 15.6. The second-order valence-electron chi connectivity index (χ2n) is 6.93. The Morgan fingerprint density at radius 2 is 1.79 bits per heavy atom. The normalized spacial score (nSPS) is 12.9. The van der Waals surface area contributed by atoms with Crippen LogP contribution in [0.4, 0.5) is 10.1 Å². The number of hydrogen-bond acceptors (Lipinski definition) is 3. The molecule has 1 aliphatic rings. The summed E-state index contributed by atoms with van der Waals surface area (Å²) in [7, 11) is 0. The molecule has 0 unspecified atom stereocenters. The Kier molecular flexibility index (Phi) is 5.33. The predicted octanol–water partition coefficient (Wildman–Crippen LogP) is 3.74. The maximum absolute atomic E-state index is 13.7. The number of benzene rings is 2. The molecule has 0 atom stereocenters. The summed E-state index contributed by atoms with van der Waals surface area (Å²) in [5, 5.41) is 2.67. The van der Waals surface area contributed by atoms with Crippen molar-refractivity contribution >= 4 is 17.5 Å². The van der Waals surface area contributed by atoms with E-state index in [1.54, 1.807) is 23.1 Å². The molecule has 1 aromatic heterocycles. The molecule has 5 nitrogen and oxygen atoms in total. The average Bonchev–Trinajstić information content (AvgIpc) is 2.77. The van der Waals surface area contributed by atoms with Gasteiger partial charge in [0.15, 0.2) is 0 Å². The van der Waals surface area contributed by atoms with Crippen LogP contribution in [-0.4, -0.2) is 23.3 Å². The lowest BCUT2D eigenvalue weighted by Crippen LogP contribution is -2.35. The summed E-state index contributed by atoms with van der Waals surface area (Å²) >= 11 is 0.